The van der Waals surface area contributed by atoms with Gasteiger partial charge in [-0.2, -0.15) is 0 Å². The Morgan fingerprint density at radius 2 is 1.96 bits per heavy atom. The summed E-state index contributed by atoms with van der Waals surface area (Å²) in [5, 5.41) is 0. The van der Waals surface area contributed by atoms with Gasteiger partial charge in [-0.25, -0.2) is 0 Å². The lowest BCUT2D eigenvalue weighted by Gasteiger charge is -2.34. The van der Waals surface area contributed by atoms with Crippen LogP contribution in [-0.4, -0.2) is 61.5 Å². The number of methoxy groups -OCH3 is 1. The summed E-state index contributed by atoms with van der Waals surface area (Å²) in [5.74, 6) is 2.04. The maximum absolute atomic E-state index is 12.2. The van der Waals surface area contributed by atoms with Gasteiger partial charge in [0.05, 0.1) is 6.61 Å². The number of amides is 2. The second-order valence-corrected chi connectivity index (χ2v) is 7.58. The second kappa shape index (κ2) is 8.67. The van der Waals surface area contributed by atoms with Gasteiger partial charge in [-0.1, -0.05) is 13.8 Å². The molecule has 1 unspecified atom stereocenters. The normalized spacial score (nSPS) is 23.1. The number of nitrogens with zero attached hydrogens (tertiary/aromatic N) is 2. The summed E-state index contributed by atoms with van der Waals surface area (Å²) in [6.45, 7) is 8.38. The number of carbonyl (C=O) groups excluding carboxylic acids is 2. The van der Waals surface area contributed by atoms with Gasteiger partial charge < -0.3 is 14.5 Å². The number of carbonyl (C=O) groups is 2. The minimum absolute atomic E-state index is 0.266. The number of hydrogen-bond acceptors (Lipinski definition) is 3. The van der Waals surface area contributed by atoms with Gasteiger partial charge in [0.2, 0.25) is 11.8 Å². The van der Waals surface area contributed by atoms with E-state index < -0.39 is 0 Å². The third-order valence-corrected chi connectivity index (χ3v) is 5.08. The van der Waals surface area contributed by atoms with Crippen LogP contribution in [-0.2, 0) is 14.3 Å². The molecule has 0 aliphatic carbocycles. The molecule has 0 spiro atoms. The molecule has 23 heavy (non-hydrogen) atoms. The second-order valence-electron chi connectivity index (χ2n) is 7.58. The fourth-order valence-corrected chi connectivity index (χ4v) is 3.62. The number of ether oxygens (including phenoxy) is 1. The van der Waals surface area contributed by atoms with Gasteiger partial charge in [0.1, 0.15) is 0 Å². The van der Waals surface area contributed by atoms with E-state index in [0.29, 0.717) is 43.1 Å². The SMILES string of the molecule is COCC1CC(=O)N(CC2CCN(C(=O)CCC(C)C)CC2)C1. The van der Waals surface area contributed by atoms with Gasteiger partial charge in [-0.3, -0.25) is 9.59 Å². The van der Waals surface area contributed by atoms with Crippen molar-refractivity contribution in [3.8, 4) is 0 Å². The Labute approximate surface area is 140 Å². The molecule has 2 saturated heterocycles. The molecule has 0 N–H and O–H groups in total. The fraction of sp³-hybridized carbons (Fsp3) is 0.889. The lowest BCUT2D eigenvalue weighted by Crippen LogP contribution is -2.42. The van der Waals surface area contributed by atoms with Crippen LogP contribution in [0.3, 0.4) is 0 Å². The number of hydrogen-bond donors (Lipinski definition) is 0. The number of piperidine rings is 1. The molecular formula is C18H32N2O3. The highest BCUT2D eigenvalue weighted by Gasteiger charge is 2.32. The predicted octanol–water partition coefficient (Wildman–Crippen LogP) is 2.16. The fourth-order valence-electron chi connectivity index (χ4n) is 3.62. The minimum Gasteiger partial charge on any atom is -0.384 e. The Hall–Kier alpha value is -1.10. The highest BCUT2D eigenvalue weighted by atomic mass is 16.5. The molecular weight excluding hydrogens is 292 g/mol. The van der Waals surface area contributed by atoms with Crippen LogP contribution in [0.5, 0.6) is 0 Å². The van der Waals surface area contributed by atoms with Crippen LogP contribution in [0.2, 0.25) is 0 Å². The van der Waals surface area contributed by atoms with Crippen molar-refractivity contribution in [2.75, 3.05) is 39.9 Å². The first-order chi connectivity index (χ1) is 11.0. The van der Waals surface area contributed by atoms with E-state index in [0.717, 1.165) is 45.4 Å². The molecule has 0 aromatic carbocycles. The van der Waals surface area contributed by atoms with Gasteiger partial charge in [0.25, 0.3) is 0 Å². The van der Waals surface area contributed by atoms with Gasteiger partial charge in [0, 0.05) is 52.0 Å². The van der Waals surface area contributed by atoms with Crippen molar-refractivity contribution in [1.82, 2.24) is 9.80 Å². The van der Waals surface area contributed by atoms with Crippen LogP contribution in [0.4, 0.5) is 0 Å². The topological polar surface area (TPSA) is 49.9 Å². The molecule has 0 aromatic heterocycles. The Balaban J connectivity index is 1.70. The van der Waals surface area contributed by atoms with E-state index in [1.807, 2.05) is 9.80 Å². The van der Waals surface area contributed by atoms with Crippen molar-refractivity contribution in [2.45, 2.75) is 46.0 Å². The van der Waals surface area contributed by atoms with E-state index in [1.54, 1.807) is 7.11 Å². The summed E-state index contributed by atoms with van der Waals surface area (Å²) in [4.78, 5) is 28.2. The van der Waals surface area contributed by atoms with E-state index in [-0.39, 0.29) is 5.91 Å². The van der Waals surface area contributed by atoms with Gasteiger partial charge in [0.15, 0.2) is 0 Å². The highest BCUT2D eigenvalue weighted by Crippen LogP contribution is 2.24. The van der Waals surface area contributed by atoms with Crippen molar-refractivity contribution < 1.29 is 14.3 Å². The Morgan fingerprint density at radius 3 is 2.57 bits per heavy atom. The third kappa shape index (κ3) is 5.48. The molecule has 1 atom stereocenters. The minimum atomic E-state index is 0.266. The summed E-state index contributed by atoms with van der Waals surface area (Å²) in [6.07, 6.45) is 4.31. The zero-order valence-corrected chi connectivity index (χ0v) is 14.9. The zero-order chi connectivity index (χ0) is 16.8. The van der Waals surface area contributed by atoms with Crippen molar-refractivity contribution in [1.29, 1.82) is 0 Å². The first-order valence-corrected chi connectivity index (χ1v) is 9.04. The summed E-state index contributed by atoms with van der Waals surface area (Å²) in [5.41, 5.74) is 0. The molecule has 132 valence electrons. The van der Waals surface area contributed by atoms with Crippen molar-refractivity contribution >= 4 is 11.8 Å². The number of rotatable bonds is 7. The molecule has 5 heteroatoms. The molecule has 2 fully saturated rings. The Morgan fingerprint density at radius 1 is 1.26 bits per heavy atom. The van der Waals surface area contributed by atoms with Gasteiger partial charge >= 0.3 is 0 Å². The lowest BCUT2D eigenvalue weighted by atomic mass is 9.95. The van der Waals surface area contributed by atoms with Crippen LogP contribution in [0.1, 0.15) is 46.0 Å². The average Bonchev–Trinajstić information content (AvgIpc) is 2.85. The maximum atomic E-state index is 12.2. The standard InChI is InChI=1S/C18H32N2O3/c1-14(2)4-5-17(21)19-8-6-15(7-9-19)11-20-12-16(13-23-3)10-18(20)22/h14-16H,4-13H2,1-3H3. The first kappa shape index (κ1) is 18.2. The Bertz CT molecular complexity index is 403. The van der Waals surface area contributed by atoms with Crippen LogP contribution in [0.25, 0.3) is 0 Å². The van der Waals surface area contributed by atoms with Crippen molar-refractivity contribution in [2.24, 2.45) is 17.8 Å². The van der Waals surface area contributed by atoms with E-state index >= 15 is 0 Å². The highest BCUT2D eigenvalue weighted by molar-refractivity contribution is 5.78. The van der Waals surface area contributed by atoms with Gasteiger partial charge in [-0.05, 0) is 31.1 Å². The molecule has 5 nitrogen and oxygen atoms in total. The Kier molecular flexibility index (Phi) is 6.88. The maximum Gasteiger partial charge on any atom is 0.223 e. The molecule has 2 aliphatic heterocycles. The third-order valence-electron chi connectivity index (χ3n) is 5.08. The summed E-state index contributed by atoms with van der Waals surface area (Å²) in [6, 6.07) is 0. The molecule has 2 aliphatic rings. The largest absolute Gasteiger partial charge is 0.384 e. The molecule has 0 radical (unpaired) electrons. The lowest BCUT2D eigenvalue weighted by molar-refractivity contribution is -0.134. The molecule has 0 aromatic rings. The van der Waals surface area contributed by atoms with Crippen LogP contribution >= 0.6 is 0 Å². The summed E-state index contributed by atoms with van der Waals surface area (Å²) in [7, 11) is 1.69. The molecule has 2 rings (SSSR count). The van der Waals surface area contributed by atoms with E-state index in [9.17, 15) is 9.59 Å². The average molecular weight is 324 g/mol. The zero-order valence-electron chi connectivity index (χ0n) is 14.9. The molecule has 2 heterocycles. The molecule has 0 saturated carbocycles. The quantitative estimate of drug-likeness (QED) is 0.721. The van der Waals surface area contributed by atoms with Crippen molar-refractivity contribution in [3.63, 3.8) is 0 Å². The number of likely N-dealkylation sites (tertiary alicyclic amines) is 2. The molecule has 2 amide bonds. The summed E-state index contributed by atoms with van der Waals surface area (Å²) >= 11 is 0. The van der Waals surface area contributed by atoms with Crippen LogP contribution in [0.15, 0.2) is 0 Å². The smallest absolute Gasteiger partial charge is 0.223 e. The summed E-state index contributed by atoms with van der Waals surface area (Å²) < 4.78 is 5.17. The van der Waals surface area contributed by atoms with E-state index in [2.05, 4.69) is 13.8 Å². The molecule has 0 bridgehead atoms. The predicted molar refractivity (Wildman–Crippen MR) is 89.9 cm³/mol. The van der Waals surface area contributed by atoms with Crippen LogP contribution < -0.4 is 0 Å². The van der Waals surface area contributed by atoms with Crippen molar-refractivity contribution in [3.05, 3.63) is 0 Å². The first-order valence-electron chi connectivity index (χ1n) is 9.04. The van der Waals surface area contributed by atoms with E-state index in [4.69, 9.17) is 4.74 Å². The monoisotopic (exact) mass is 324 g/mol. The van der Waals surface area contributed by atoms with Gasteiger partial charge in [-0.15, -0.1) is 0 Å². The van der Waals surface area contributed by atoms with E-state index in [1.165, 1.54) is 0 Å². The van der Waals surface area contributed by atoms with Crippen LogP contribution in [0, 0.1) is 17.8 Å².